The standard InChI is InChI=1S/C15H22N2O3/c1-16-12-5-7-14(8-6-12)20-10-13-4-3-11(9-17-13)15(18)19-2/h3-4,9,12,14,16H,5-8,10H2,1-2H3. The van der Waals surface area contributed by atoms with Gasteiger partial charge in [0.1, 0.15) is 0 Å². The van der Waals surface area contributed by atoms with E-state index in [1.165, 1.54) is 13.3 Å². The molecule has 0 saturated heterocycles. The van der Waals surface area contributed by atoms with Gasteiger partial charge in [-0.05, 0) is 44.9 Å². The molecule has 1 aliphatic rings. The third-order valence-corrected chi connectivity index (χ3v) is 3.80. The summed E-state index contributed by atoms with van der Waals surface area (Å²) in [7, 11) is 3.37. The Hall–Kier alpha value is -1.46. The Kier molecular flexibility index (Phi) is 5.49. The highest BCUT2D eigenvalue weighted by Crippen LogP contribution is 2.21. The van der Waals surface area contributed by atoms with Gasteiger partial charge in [0.05, 0.1) is 31.1 Å². The largest absolute Gasteiger partial charge is 0.465 e. The maximum absolute atomic E-state index is 11.3. The van der Waals surface area contributed by atoms with Gasteiger partial charge in [0, 0.05) is 12.2 Å². The summed E-state index contributed by atoms with van der Waals surface area (Å²) >= 11 is 0. The molecule has 20 heavy (non-hydrogen) atoms. The lowest BCUT2D eigenvalue weighted by Gasteiger charge is -2.28. The second-order valence-electron chi connectivity index (χ2n) is 5.10. The second-order valence-corrected chi connectivity index (χ2v) is 5.10. The van der Waals surface area contributed by atoms with Crippen LogP contribution >= 0.6 is 0 Å². The second kappa shape index (κ2) is 7.36. The topological polar surface area (TPSA) is 60.5 Å². The zero-order valence-corrected chi connectivity index (χ0v) is 12.1. The minimum atomic E-state index is -0.365. The van der Waals surface area contributed by atoms with Crippen LogP contribution in [-0.4, -0.2) is 37.3 Å². The molecule has 5 nitrogen and oxygen atoms in total. The van der Waals surface area contributed by atoms with Crippen molar-refractivity contribution in [2.24, 2.45) is 0 Å². The Morgan fingerprint density at radius 3 is 2.65 bits per heavy atom. The van der Waals surface area contributed by atoms with Crippen LogP contribution < -0.4 is 5.32 Å². The van der Waals surface area contributed by atoms with E-state index in [9.17, 15) is 4.79 Å². The first-order chi connectivity index (χ1) is 9.72. The first-order valence-electron chi connectivity index (χ1n) is 7.05. The van der Waals surface area contributed by atoms with E-state index in [1.54, 1.807) is 6.07 Å². The van der Waals surface area contributed by atoms with Gasteiger partial charge in [-0.15, -0.1) is 0 Å². The highest BCUT2D eigenvalue weighted by molar-refractivity contribution is 5.88. The van der Waals surface area contributed by atoms with Gasteiger partial charge in [-0.25, -0.2) is 4.79 Å². The molecular formula is C15H22N2O3. The van der Waals surface area contributed by atoms with Crippen molar-refractivity contribution in [3.63, 3.8) is 0 Å². The van der Waals surface area contributed by atoms with Crippen molar-refractivity contribution in [2.75, 3.05) is 14.2 Å². The molecule has 1 heterocycles. The molecule has 1 N–H and O–H groups in total. The summed E-state index contributed by atoms with van der Waals surface area (Å²) in [5.41, 5.74) is 1.30. The molecule has 5 heteroatoms. The molecule has 0 radical (unpaired) electrons. The van der Waals surface area contributed by atoms with Crippen molar-refractivity contribution < 1.29 is 14.3 Å². The number of nitrogens with one attached hydrogen (secondary N) is 1. The minimum Gasteiger partial charge on any atom is -0.465 e. The Bertz CT molecular complexity index is 425. The molecule has 1 aromatic heterocycles. The van der Waals surface area contributed by atoms with Crippen LogP contribution in [0.4, 0.5) is 0 Å². The minimum absolute atomic E-state index is 0.321. The van der Waals surface area contributed by atoms with Crippen LogP contribution in [0.2, 0.25) is 0 Å². The molecule has 1 aliphatic carbocycles. The van der Waals surface area contributed by atoms with E-state index in [-0.39, 0.29) is 5.97 Å². The molecule has 0 atom stereocenters. The lowest BCUT2D eigenvalue weighted by molar-refractivity contribution is 0.0103. The van der Waals surface area contributed by atoms with Crippen LogP contribution in [-0.2, 0) is 16.1 Å². The van der Waals surface area contributed by atoms with E-state index in [1.807, 2.05) is 13.1 Å². The van der Waals surface area contributed by atoms with Crippen LogP contribution in [0.1, 0.15) is 41.7 Å². The van der Waals surface area contributed by atoms with Crippen molar-refractivity contribution in [1.82, 2.24) is 10.3 Å². The molecule has 0 amide bonds. The number of carbonyl (C=O) groups is 1. The average molecular weight is 278 g/mol. The highest BCUT2D eigenvalue weighted by atomic mass is 16.5. The van der Waals surface area contributed by atoms with Crippen LogP contribution in [0.3, 0.4) is 0 Å². The number of carbonyl (C=O) groups excluding carboxylic acids is 1. The third-order valence-electron chi connectivity index (χ3n) is 3.80. The summed E-state index contributed by atoms with van der Waals surface area (Å²) < 4.78 is 10.5. The van der Waals surface area contributed by atoms with E-state index in [0.29, 0.717) is 24.3 Å². The predicted octanol–water partition coefficient (Wildman–Crippen LogP) is 1.92. The molecule has 0 aromatic carbocycles. The van der Waals surface area contributed by atoms with Crippen molar-refractivity contribution in [2.45, 2.75) is 44.4 Å². The summed E-state index contributed by atoms with van der Waals surface area (Å²) in [4.78, 5) is 15.5. The Morgan fingerprint density at radius 1 is 1.35 bits per heavy atom. The fourth-order valence-corrected chi connectivity index (χ4v) is 2.47. The molecule has 2 rings (SSSR count). The lowest BCUT2D eigenvalue weighted by Crippen LogP contribution is -2.32. The summed E-state index contributed by atoms with van der Waals surface area (Å²) in [6, 6.07) is 4.16. The van der Waals surface area contributed by atoms with Gasteiger partial charge in [-0.2, -0.15) is 0 Å². The van der Waals surface area contributed by atoms with Crippen molar-refractivity contribution in [3.8, 4) is 0 Å². The van der Waals surface area contributed by atoms with E-state index in [4.69, 9.17) is 4.74 Å². The molecule has 0 unspecified atom stereocenters. The molecule has 1 fully saturated rings. The van der Waals surface area contributed by atoms with Gasteiger partial charge in [0.15, 0.2) is 0 Å². The van der Waals surface area contributed by atoms with Gasteiger partial charge >= 0.3 is 5.97 Å². The lowest BCUT2D eigenvalue weighted by atomic mass is 9.93. The van der Waals surface area contributed by atoms with E-state index in [2.05, 4.69) is 15.0 Å². The van der Waals surface area contributed by atoms with Gasteiger partial charge in [-0.3, -0.25) is 4.98 Å². The smallest absolute Gasteiger partial charge is 0.339 e. The quantitative estimate of drug-likeness (QED) is 0.834. The molecule has 1 aromatic rings. The van der Waals surface area contributed by atoms with Crippen LogP contribution in [0.5, 0.6) is 0 Å². The van der Waals surface area contributed by atoms with Crippen LogP contribution in [0.15, 0.2) is 18.3 Å². The van der Waals surface area contributed by atoms with E-state index >= 15 is 0 Å². The fraction of sp³-hybridized carbons (Fsp3) is 0.600. The third kappa shape index (κ3) is 4.02. The van der Waals surface area contributed by atoms with Crippen molar-refractivity contribution in [1.29, 1.82) is 0 Å². The number of pyridine rings is 1. The number of ether oxygens (including phenoxy) is 2. The molecule has 0 spiro atoms. The highest BCUT2D eigenvalue weighted by Gasteiger charge is 2.20. The summed E-state index contributed by atoms with van der Waals surface area (Å²) in [6.07, 6.45) is 6.35. The molecule has 1 saturated carbocycles. The Morgan fingerprint density at radius 2 is 2.10 bits per heavy atom. The number of hydrogen-bond donors (Lipinski definition) is 1. The molecule has 110 valence electrons. The summed E-state index contributed by atoms with van der Waals surface area (Å²) in [5, 5.41) is 3.31. The monoisotopic (exact) mass is 278 g/mol. The molecule has 0 bridgehead atoms. The van der Waals surface area contributed by atoms with Crippen molar-refractivity contribution >= 4 is 5.97 Å². The van der Waals surface area contributed by atoms with Crippen molar-refractivity contribution in [3.05, 3.63) is 29.6 Å². The normalized spacial score (nSPS) is 22.5. The number of nitrogens with zero attached hydrogens (tertiary/aromatic N) is 1. The predicted molar refractivity (Wildman–Crippen MR) is 75.5 cm³/mol. The van der Waals surface area contributed by atoms with Crippen LogP contribution in [0.25, 0.3) is 0 Å². The SMILES string of the molecule is CNC1CCC(OCc2ccc(C(=O)OC)cn2)CC1. The zero-order chi connectivity index (χ0) is 14.4. The number of rotatable bonds is 5. The Balaban J connectivity index is 1.78. The van der Waals surface area contributed by atoms with Gasteiger partial charge < -0.3 is 14.8 Å². The summed E-state index contributed by atoms with van der Waals surface area (Å²) in [5.74, 6) is -0.365. The van der Waals surface area contributed by atoms with Crippen LogP contribution in [0, 0.1) is 0 Å². The molecule has 0 aliphatic heterocycles. The maximum atomic E-state index is 11.3. The first kappa shape index (κ1) is 14.9. The average Bonchev–Trinajstić information content (AvgIpc) is 2.53. The maximum Gasteiger partial charge on any atom is 0.339 e. The number of esters is 1. The zero-order valence-electron chi connectivity index (χ0n) is 12.1. The van der Waals surface area contributed by atoms with Gasteiger partial charge in [0.2, 0.25) is 0 Å². The van der Waals surface area contributed by atoms with Gasteiger partial charge in [0.25, 0.3) is 0 Å². The van der Waals surface area contributed by atoms with E-state index in [0.717, 1.165) is 31.4 Å². The first-order valence-corrected chi connectivity index (χ1v) is 7.05. The summed E-state index contributed by atoms with van der Waals surface area (Å²) in [6.45, 7) is 0.496. The molecular weight excluding hydrogens is 256 g/mol. The number of aromatic nitrogens is 1. The Labute approximate surface area is 119 Å². The van der Waals surface area contributed by atoms with E-state index < -0.39 is 0 Å². The fourth-order valence-electron chi connectivity index (χ4n) is 2.47. The number of hydrogen-bond acceptors (Lipinski definition) is 5. The number of methoxy groups -OCH3 is 1. The van der Waals surface area contributed by atoms with Gasteiger partial charge in [-0.1, -0.05) is 0 Å².